The van der Waals surface area contributed by atoms with E-state index in [9.17, 15) is 18.0 Å². The number of amides is 2. The molecule has 4 rings (SSSR count). The highest BCUT2D eigenvalue weighted by molar-refractivity contribution is 7.92. The van der Waals surface area contributed by atoms with Gasteiger partial charge < -0.3 is 10.6 Å². The van der Waals surface area contributed by atoms with Gasteiger partial charge in [-0.05, 0) is 55.3 Å². The first-order valence-electron chi connectivity index (χ1n) is 12.7. The summed E-state index contributed by atoms with van der Waals surface area (Å²) in [6.07, 6.45) is 0.765. The minimum atomic E-state index is -4.03. The molecule has 2 N–H and O–H groups in total. The zero-order chi connectivity index (χ0) is 27.8. The van der Waals surface area contributed by atoms with E-state index < -0.39 is 15.9 Å². The van der Waals surface area contributed by atoms with Gasteiger partial charge in [-0.15, -0.1) is 0 Å². The normalized spacial score (nSPS) is 11.8. The highest BCUT2D eigenvalue weighted by Crippen LogP contribution is 2.30. The van der Waals surface area contributed by atoms with Crippen LogP contribution in [0.2, 0.25) is 0 Å². The molecular weight excluding hydrogens is 510 g/mol. The quantitative estimate of drug-likeness (QED) is 0.263. The number of nitrogens with zero attached hydrogens (tertiary/aromatic N) is 1. The van der Waals surface area contributed by atoms with Crippen LogP contribution >= 0.6 is 0 Å². The van der Waals surface area contributed by atoms with Crippen LogP contribution < -0.4 is 14.9 Å². The van der Waals surface area contributed by atoms with Crippen molar-refractivity contribution in [2.75, 3.05) is 9.62 Å². The lowest BCUT2D eigenvalue weighted by Crippen LogP contribution is -2.33. The summed E-state index contributed by atoms with van der Waals surface area (Å²) in [6.45, 7) is 3.90. The molecular formula is C31H31N3O4S. The molecule has 0 fully saturated rings. The molecule has 0 radical (unpaired) electrons. The van der Waals surface area contributed by atoms with Gasteiger partial charge in [0.15, 0.2) is 0 Å². The standard InChI is InChI=1S/C31H31N3O4S/c1-3-23(2)32-30(35)26-18-10-12-20-28(26)33-31(36)27-19-11-13-21-29(27)34(22-24-14-6-4-7-15-24)39(37,38)25-16-8-5-9-17-25/h4-21,23H,3,22H2,1-2H3,(H,32,35)(H,33,36)/t23-/m1/s1. The maximum atomic E-state index is 13.9. The van der Waals surface area contributed by atoms with Gasteiger partial charge in [0.1, 0.15) is 0 Å². The average molecular weight is 542 g/mol. The number of rotatable bonds is 10. The van der Waals surface area contributed by atoms with Gasteiger partial charge in [-0.25, -0.2) is 8.42 Å². The Labute approximate surface area is 229 Å². The second-order valence-corrected chi connectivity index (χ2v) is 11.0. The highest BCUT2D eigenvalue weighted by atomic mass is 32.2. The molecule has 0 saturated heterocycles. The molecule has 0 aliphatic rings. The van der Waals surface area contributed by atoms with Gasteiger partial charge in [0, 0.05) is 6.04 Å². The Bertz CT molecular complexity index is 1540. The lowest BCUT2D eigenvalue weighted by Gasteiger charge is -2.27. The molecule has 0 heterocycles. The van der Waals surface area contributed by atoms with Gasteiger partial charge >= 0.3 is 0 Å². The molecule has 4 aromatic carbocycles. The van der Waals surface area contributed by atoms with Crippen LogP contribution in [0.5, 0.6) is 0 Å². The molecule has 2 amide bonds. The third kappa shape index (κ3) is 6.53. The summed E-state index contributed by atoms with van der Waals surface area (Å²) in [6, 6.07) is 30.6. The van der Waals surface area contributed by atoms with Crippen LogP contribution in [0, 0.1) is 0 Å². The number of nitrogens with one attached hydrogen (secondary N) is 2. The highest BCUT2D eigenvalue weighted by Gasteiger charge is 2.29. The van der Waals surface area contributed by atoms with Crippen LogP contribution in [0.1, 0.15) is 46.5 Å². The van der Waals surface area contributed by atoms with Gasteiger partial charge in [-0.3, -0.25) is 13.9 Å². The van der Waals surface area contributed by atoms with E-state index in [1.54, 1.807) is 66.7 Å². The van der Waals surface area contributed by atoms with Crippen molar-refractivity contribution in [1.29, 1.82) is 0 Å². The van der Waals surface area contributed by atoms with Crippen molar-refractivity contribution in [2.24, 2.45) is 0 Å². The first-order chi connectivity index (χ1) is 18.8. The van der Waals surface area contributed by atoms with Crippen molar-refractivity contribution in [3.8, 4) is 0 Å². The molecule has 0 unspecified atom stereocenters. The second-order valence-electron chi connectivity index (χ2n) is 9.11. The van der Waals surface area contributed by atoms with Crippen molar-refractivity contribution < 1.29 is 18.0 Å². The van der Waals surface area contributed by atoms with Gasteiger partial charge in [0.05, 0.1) is 33.9 Å². The zero-order valence-corrected chi connectivity index (χ0v) is 22.7. The third-order valence-electron chi connectivity index (χ3n) is 6.33. The number of hydrogen-bond acceptors (Lipinski definition) is 4. The van der Waals surface area contributed by atoms with Crippen LogP contribution in [-0.4, -0.2) is 26.3 Å². The van der Waals surface area contributed by atoms with Crippen LogP contribution in [0.4, 0.5) is 11.4 Å². The fourth-order valence-corrected chi connectivity index (χ4v) is 5.53. The topological polar surface area (TPSA) is 95.6 Å². The number of carbonyl (C=O) groups excluding carboxylic acids is 2. The van der Waals surface area contributed by atoms with Crippen LogP contribution in [0.3, 0.4) is 0 Å². The monoisotopic (exact) mass is 541 g/mol. The van der Waals surface area contributed by atoms with E-state index in [1.807, 2.05) is 44.2 Å². The minimum absolute atomic E-state index is 0.0241. The smallest absolute Gasteiger partial charge is 0.264 e. The molecule has 0 spiro atoms. The number of carbonyl (C=O) groups is 2. The SMILES string of the molecule is CC[C@@H](C)NC(=O)c1ccccc1NC(=O)c1ccccc1N(Cc1ccccc1)S(=O)(=O)c1ccccc1. The van der Waals surface area contributed by atoms with Gasteiger partial charge in [-0.2, -0.15) is 0 Å². The summed E-state index contributed by atoms with van der Waals surface area (Å²) >= 11 is 0. The number of sulfonamides is 1. The van der Waals surface area contributed by atoms with E-state index in [0.29, 0.717) is 11.3 Å². The summed E-state index contributed by atoms with van der Waals surface area (Å²) in [4.78, 5) is 26.6. The first kappa shape index (κ1) is 27.6. The molecule has 39 heavy (non-hydrogen) atoms. The van der Waals surface area contributed by atoms with E-state index in [-0.39, 0.29) is 34.6 Å². The molecule has 0 aromatic heterocycles. The Hall–Kier alpha value is -4.43. The molecule has 200 valence electrons. The minimum Gasteiger partial charge on any atom is -0.350 e. The second kappa shape index (κ2) is 12.4. The van der Waals surface area contributed by atoms with Crippen molar-refractivity contribution in [3.63, 3.8) is 0 Å². The lowest BCUT2D eigenvalue weighted by atomic mass is 10.1. The summed E-state index contributed by atoms with van der Waals surface area (Å²) in [5.41, 5.74) is 1.80. The van der Waals surface area contributed by atoms with E-state index in [0.717, 1.165) is 12.0 Å². The van der Waals surface area contributed by atoms with Crippen molar-refractivity contribution in [2.45, 2.75) is 37.8 Å². The molecule has 8 heteroatoms. The first-order valence-corrected chi connectivity index (χ1v) is 14.2. The molecule has 7 nitrogen and oxygen atoms in total. The zero-order valence-electron chi connectivity index (χ0n) is 21.9. The Kier molecular flexibility index (Phi) is 8.78. The summed E-state index contributed by atoms with van der Waals surface area (Å²) in [5.74, 6) is -0.832. The maximum Gasteiger partial charge on any atom is 0.264 e. The Morgan fingerprint density at radius 1 is 0.744 bits per heavy atom. The Morgan fingerprint density at radius 3 is 1.97 bits per heavy atom. The predicted molar refractivity (Wildman–Crippen MR) is 154 cm³/mol. The van der Waals surface area contributed by atoms with E-state index >= 15 is 0 Å². The molecule has 0 aliphatic heterocycles. The van der Waals surface area contributed by atoms with Gasteiger partial charge in [0.25, 0.3) is 21.8 Å². The van der Waals surface area contributed by atoms with Crippen molar-refractivity contribution in [1.82, 2.24) is 5.32 Å². The van der Waals surface area contributed by atoms with Crippen molar-refractivity contribution >= 4 is 33.2 Å². The molecule has 0 aliphatic carbocycles. The van der Waals surface area contributed by atoms with Gasteiger partial charge in [0.2, 0.25) is 0 Å². The van der Waals surface area contributed by atoms with Crippen LogP contribution in [0.25, 0.3) is 0 Å². The molecule has 0 bridgehead atoms. The number of para-hydroxylation sites is 2. The molecule has 1 atom stereocenters. The van der Waals surface area contributed by atoms with Crippen LogP contribution in [-0.2, 0) is 16.6 Å². The Balaban J connectivity index is 1.74. The summed E-state index contributed by atoms with van der Waals surface area (Å²) < 4.78 is 29.0. The van der Waals surface area contributed by atoms with E-state index in [4.69, 9.17) is 0 Å². The summed E-state index contributed by atoms with van der Waals surface area (Å²) in [5, 5.41) is 5.74. The van der Waals surface area contributed by atoms with E-state index in [1.165, 1.54) is 16.4 Å². The fourth-order valence-electron chi connectivity index (χ4n) is 4.04. The van der Waals surface area contributed by atoms with Crippen LogP contribution in [0.15, 0.2) is 114 Å². The average Bonchev–Trinajstić information content (AvgIpc) is 2.97. The summed E-state index contributed by atoms with van der Waals surface area (Å²) in [7, 11) is -4.03. The Morgan fingerprint density at radius 2 is 1.31 bits per heavy atom. The number of anilines is 2. The van der Waals surface area contributed by atoms with Gasteiger partial charge in [-0.1, -0.05) is 79.7 Å². The predicted octanol–water partition coefficient (Wildman–Crippen LogP) is 5.86. The fraction of sp³-hybridized carbons (Fsp3) is 0.161. The maximum absolute atomic E-state index is 13.9. The molecule has 4 aromatic rings. The van der Waals surface area contributed by atoms with Crippen molar-refractivity contribution in [3.05, 3.63) is 126 Å². The van der Waals surface area contributed by atoms with E-state index in [2.05, 4.69) is 10.6 Å². The number of hydrogen-bond donors (Lipinski definition) is 2. The third-order valence-corrected chi connectivity index (χ3v) is 8.10. The largest absolute Gasteiger partial charge is 0.350 e. The lowest BCUT2D eigenvalue weighted by molar-refractivity contribution is 0.0940. The molecule has 0 saturated carbocycles. The number of benzene rings is 4.